The smallest absolute Gasteiger partial charge is 0.232 e. The Morgan fingerprint density at radius 1 is 1.27 bits per heavy atom. The average Bonchev–Trinajstić information content (AvgIpc) is 1.99. The molecule has 0 amide bonds. The highest BCUT2D eigenvalue weighted by atomic mass is 79.9. The number of hydrogen-bond donors (Lipinski definition) is 0. The summed E-state index contributed by atoms with van der Waals surface area (Å²) in [4.78, 5) is 3.04. The summed E-state index contributed by atoms with van der Waals surface area (Å²) in [7, 11) is 0. The summed E-state index contributed by atoms with van der Waals surface area (Å²) in [5.41, 5.74) is -0.204. The number of benzene rings is 1. The van der Waals surface area contributed by atoms with E-state index in [1.165, 1.54) is 6.07 Å². The first-order valence-electron chi connectivity index (χ1n) is 3.56. The second-order valence-electron chi connectivity index (χ2n) is 2.53. The molecule has 0 aliphatic rings. The second kappa shape index (κ2) is 4.49. The molecule has 82 valence electrons. The lowest BCUT2D eigenvalue weighted by Crippen LogP contribution is -2.16. The van der Waals surface area contributed by atoms with Gasteiger partial charge in [-0.3, -0.25) is 0 Å². The lowest BCUT2D eigenvalue weighted by Gasteiger charge is -2.03. The van der Waals surface area contributed by atoms with Crippen LogP contribution in [0.4, 0.5) is 23.2 Å². The van der Waals surface area contributed by atoms with E-state index in [0.29, 0.717) is 0 Å². The fourth-order valence-electron chi connectivity index (χ4n) is 0.781. The van der Waals surface area contributed by atoms with Gasteiger partial charge in [0.2, 0.25) is 5.17 Å². The Morgan fingerprint density at radius 2 is 1.87 bits per heavy atom. The molecule has 0 spiro atoms. The van der Waals surface area contributed by atoms with Gasteiger partial charge in [0.05, 0.1) is 5.69 Å². The highest BCUT2D eigenvalue weighted by Crippen LogP contribution is 2.26. The summed E-state index contributed by atoms with van der Waals surface area (Å²) < 4.78 is 48.9. The fraction of sp³-hybridized carbons (Fsp3) is 0.125. The van der Waals surface area contributed by atoms with Crippen molar-refractivity contribution in [1.82, 2.24) is 0 Å². The van der Waals surface area contributed by atoms with Gasteiger partial charge in [0.1, 0.15) is 5.82 Å². The molecule has 1 aromatic carbocycles. The van der Waals surface area contributed by atoms with Crippen LogP contribution < -0.4 is 0 Å². The van der Waals surface area contributed by atoms with E-state index in [4.69, 9.17) is 11.6 Å². The third kappa shape index (κ3) is 3.79. The van der Waals surface area contributed by atoms with E-state index in [0.717, 1.165) is 12.1 Å². The van der Waals surface area contributed by atoms with Crippen LogP contribution in [0.2, 0.25) is 0 Å². The molecule has 15 heavy (non-hydrogen) atoms. The molecule has 0 aromatic heterocycles. The summed E-state index contributed by atoms with van der Waals surface area (Å²) in [6.07, 6.45) is -4.72. The number of nitrogens with zero attached hydrogens (tertiary/aromatic N) is 1. The standard InChI is InChI=1S/C8H3BrClF4N/c9-4-1-5(11)3-6(2-4)15-7(10)8(12,13)14/h1-3H. The number of alkyl halides is 3. The van der Waals surface area contributed by atoms with Crippen molar-refractivity contribution < 1.29 is 17.6 Å². The zero-order valence-corrected chi connectivity index (χ0v) is 9.29. The minimum Gasteiger partial charge on any atom is -0.232 e. The summed E-state index contributed by atoms with van der Waals surface area (Å²) in [5.74, 6) is -0.699. The Bertz CT molecular complexity index is 382. The van der Waals surface area contributed by atoms with Crippen molar-refractivity contribution in [3.8, 4) is 0 Å². The van der Waals surface area contributed by atoms with E-state index >= 15 is 0 Å². The van der Waals surface area contributed by atoms with Crippen LogP contribution in [0.3, 0.4) is 0 Å². The summed E-state index contributed by atoms with van der Waals surface area (Å²) >= 11 is 7.80. The third-order valence-corrected chi connectivity index (χ3v) is 2.07. The third-order valence-electron chi connectivity index (χ3n) is 1.31. The maximum absolute atomic E-state index is 12.8. The molecule has 0 aliphatic heterocycles. The molecular formula is C8H3BrClF4N. The molecule has 0 atom stereocenters. The van der Waals surface area contributed by atoms with Gasteiger partial charge >= 0.3 is 6.18 Å². The Morgan fingerprint density at radius 3 is 2.33 bits per heavy atom. The zero-order chi connectivity index (χ0) is 11.6. The molecule has 0 N–H and O–H groups in total. The first-order chi connectivity index (χ1) is 6.79. The first-order valence-corrected chi connectivity index (χ1v) is 4.73. The van der Waals surface area contributed by atoms with E-state index in [-0.39, 0.29) is 10.2 Å². The molecule has 0 radical (unpaired) electrons. The van der Waals surface area contributed by atoms with Gasteiger partial charge in [-0.15, -0.1) is 0 Å². The van der Waals surface area contributed by atoms with Crippen LogP contribution in [0.1, 0.15) is 0 Å². The number of rotatable bonds is 1. The van der Waals surface area contributed by atoms with E-state index in [2.05, 4.69) is 20.9 Å². The van der Waals surface area contributed by atoms with E-state index in [1.807, 2.05) is 0 Å². The molecule has 1 rings (SSSR count). The van der Waals surface area contributed by atoms with Crippen LogP contribution in [-0.4, -0.2) is 11.3 Å². The average molecular weight is 304 g/mol. The molecule has 0 heterocycles. The maximum Gasteiger partial charge on any atom is 0.444 e. The molecule has 0 saturated carbocycles. The molecule has 0 saturated heterocycles. The SMILES string of the molecule is Fc1cc(Br)cc(N=C(Cl)C(F)(F)F)c1. The van der Waals surface area contributed by atoms with Gasteiger partial charge in [0.25, 0.3) is 0 Å². The highest BCUT2D eigenvalue weighted by molar-refractivity contribution is 9.10. The molecule has 1 aromatic rings. The molecule has 1 nitrogen and oxygen atoms in total. The van der Waals surface area contributed by atoms with Crippen molar-refractivity contribution >= 4 is 38.4 Å². The summed E-state index contributed by atoms with van der Waals surface area (Å²) in [6, 6.07) is 3.16. The Balaban J connectivity index is 3.08. The van der Waals surface area contributed by atoms with Crippen molar-refractivity contribution in [2.45, 2.75) is 6.18 Å². The normalized spacial score (nSPS) is 13.1. The Hall–Kier alpha value is -0.620. The van der Waals surface area contributed by atoms with Gasteiger partial charge in [-0.25, -0.2) is 9.38 Å². The van der Waals surface area contributed by atoms with Gasteiger partial charge in [0.15, 0.2) is 0 Å². The lowest BCUT2D eigenvalue weighted by molar-refractivity contribution is -0.0558. The highest BCUT2D eigenvalue weighted by Gasteiger charge is 2.34. The predicted molar refractivity (Wildman–Crippen MR) is 53.1 cm³/mol. The zero-order valence-electron chi connectivity index (χ0n) is 6.95. The van der Waals surface area contributed by atoms with Crippen molar-refractivity contribution in [2.24, 2.45) is 4.99 Å². The van der Waals surface area contributed by atoms with Crippen LogP contribution in [0.25, 0.3) is 0 Å². The molecule has 0 bridgehead atoms. The van der Waals surface area contributed by atoms with E-state index < -0.39 is 17.2 Å². The largest absolute Gasteiger partial charge is 0.444 e. The van der Waals surface area contributed by atoms with Crippen molar-refractivity contribution in [2.75, 3.05) is 0 Å². The van der Waals surface area contributed by atoms with Crippen LogP contribution in [0.15, 0.2) is 27.7 Å². The summed E-state index contributed by atoms with van der Waals surface area (Å²) in [5, 5.41) is -1.54. The van der Waals surface area contributed by atoms with Gasteiger partial charge in [-0.2, -0.15) is 13.2 Å². The Kier molecular flexibility index (Phi) is 3.72. The molecule has 0 unspecified atom stereocenters. The van der Waals surface area contributed by atoms with Gasteiger partial charge in [-0.1, -0.05) is 27.5 Å². The molecule has 7 heteroatoms. The van der Waals surface area contributed by atoms with Gasteiger partial charge in [0, 0.05) is 4.47 Å². The molecule has 0 aliphatic carbocycles. The van der Waals surface area contributed by atoms with Crippen LogP contribution in [0.5, 0.6) is 0 Å². The quantitative estimate of drug-likeness (QED) is 0.538. The molecule has 0 fully saturated rings. The van der Waals surface area contributed by atoms with Crippen molar-refractivity contribution in [3.63, 3.8) is 0 Å². The second-order valence-corrected chi connectivity index (χ2v) is 3.80. The van der Waals surface area contributed by atoms with Gasteiger partial charge < -0.3 is 0 Å². The van der Waals surface area contributed by atoms with Crippen LogP contribution in [0, 0.1) is 5.82 Å². The summed E-state index contributed by atoms with van der Waals surface area (Å²) in [6.45, 7) is 0. The van der Waals surface area contributed by atoms with Crippen molar-refractivity contribution in [1.29, 1.82) is 0 Å². The first kappa shape index (κ1) is 12.4. The minimum absolute atomic E-state index is 0.204. The lowest BCUT2D eigenvalue weighted by atomic mass is 10.3. The fourth-order valence-corrected chi connectivity index (χ4v) is 1.33. The van der Waals surface area contributed by atoms with Crippen molar-refractivity contribution in [3.05, 3.63) is 28.5 Å². The minimum atomic E-state index is -4.72. The van der Waals surface area contributed by atoms with E-state index in [9.17, 15) is 17.6 Å². The number of halogens is 6. The maximum atomic E-state index is 12.8. The number of aliphatic imine (C=N–C) groups is 1. The molecular weight excluding hydrogens is 301 g/mol. The van der Waals surface area contributed by atoms with Gasteiger partial charge in [-0.05, 0) is 18.2 Å². The topological polar surface area (TPSA) is 12.4 Å². The van der Waals surface area contributed by atoms with Crippen LogP contribution >= 0.6 is 27.5 Å². The predicted octanol–water partition coefficient (Wildman–Crippen LogP) is 4.42. The van der Waals surface area contributed by atoms with E-state index in [1.54, 1.807) is 0 Å². The monoisotopic (exact) mass is 303 g/mol. The number of hydrogen-bond acceptors (Lipinski definition) is 1. The van der Waals surface area contributed by atoms with Crippen LogP contribution in [-0.2, 0) is 0 Å². The Labute approximate surface area is 95.9 Å².